The lowest BCUT2D eigenvalue weighted by molar-refractivity contribution is 0.684. The van der Waals surface area contributed by atoms with Crippen LogP contribution in [0.1, 0.15) is 24.5 Å². The van der Waals surface area contributed by atoms with Crippen LogP contribution in [0.2, 0.25) is 0 Å². The number of anilines is 1. The van der Waals surface area contributed by atoms with Gasteiger partial charge in [0.05, 0.1) is 6.54 Å². The first-order valence-corrected chi connectivity index (χ1v) is 7.08. The average molecular weight is 289 g/mol. The van der Waals surface area contributed by atoms with Gasteiger partial charge in [0, 0.05) is 6.54 Å². The van der Waals surface area contributed by atoms with E-state index in [1.165, 1.54) is 11.1 Å². The third-order valence-corrected chi connectivity index (χ3v) is 3.14. The Balaban J connectivity index is 1.96. The zero-order valence-corrected chi connectivity index (χ0v) is 12.6. The molecular formula is C14H19N5S. The van der Waals surface area contributed by atoms with Gasteiger partial charge in [-0.25, -0.2) is 9.67 Å². The predicted octanol–water partition coefficient (Wildman–Crippen LogP) is 2.33. The van der Waals surface area contributed by atoms with Gasteiger partial charge in [0.15, 0.2) is 5.11 Å². The van der Waals surface area contributed by atoms with E-state index in [4.69, 9.17) is 12.2 Å². The van der Waals surface area contributed by atoms with Gasteiger partial charge in [-0.3, -0.25) is 5.32 Å². The minimum absolute atomic E-state index is 0.521. The Morgan fingerprint density at radius 1 is 1.35 bits per heavy atom. The molecule has 106 valence electrons. The Morgan fingerprint density at radius 3 is 2.90 bits per heavy atom. The highest BCUT2D eigenvalue weighted by Gasteiger charge is 2.04. The molecule has 5 nitrogen and oxygen atoms in total. The Kier molecular flexibility index (Phi) is 5.06. The molecule has 2 aromatic rings. The molecule has 0 unspecified atom stereocenters. The van der Waals surface area contributed by atoms with Crippen LogP contribution >= 0.6 is 12.2 Å². The standard InChI is InChI=1S/C14H19N5S/c1-3-8-15-14(20)17-13-16-10-19(18-13)9-12-7-5-4-6-11(12)2/h4-7,10H,3,8-9H2,1-2H3,(H2,15,17,18,20). The van der Waals surface area contributed by atoms with Crippen LogP contribution in [-0.4, -0.2) is 26.4 Å². The fourth-order valence-corrected chi connectivity index (χ4v) is 1.97. The molecule has 0 atom stereocenters. The third-order valence-electron chi connectivity index (χ3n) is 2.89. The molecule has 0 saturated carbocycles. The van der Waals surface area contributed by atoms with Crippen molar-refractivity contribution in [2.45, 2.75) is 26.8 Å². The maximum atomic E-state index is 5.15. The molecule has 0 amide bonds. The van der Waals surface area contributed by atoms with Gasteiger partial charge in [0.1, 0.15) is 6.33 Å². The largest absolute Gasteiger partial charge is 0.362 e. The van der Waals surface area contributed by atoms with Crippen LogP contribution in [0.3, 0.4) is 0 Å². The Bertz CT molecular complexity index is 578. The van der Waals surface area contributed by atoms with Crippen molar-refractivity contribution in [1.29, 1.82) is 0 Å². The van der Waals surface area contributed by atoms with E-state index < -0.39 is 0 Å². The molecule has 0 aliphatic carbocycles. The van der Waals surface area contributed by atoms with Crippen LogP contribution in [0.25, 0.3) is 0 Å². The van der Waals surface area contributed by atoms with Gasteiger partial charge in [-0.05, 0) is 36.7 Å². The second-order valence-electron chi connectivity index (χ2n) is 4.57. The highest BCUT2D eigenvalue weighted by atomic mass is 32.1. The van der Waals surface area contributed by atoms with E-state index in [-0.39, 0.29) is 0 Å². The number of benzene rings is 1. The van der Waals surface area contributed by atoms with E-state index >= 15 is 0 Å². The van der Waals surface area contributed by atoms with Crippen LogP contribution in [0.5, 0.6) is 0 Å². The number of rotatable bonds is 5. The number of hydrogen-bond acceptors (Lipinski definition) is 3. The second kappa shape index (κ2) is 7.00. The summed E-state index contributed by atoms with van der Waals surface area (Å²) < 4.78 is 1.80. The van der Waals surface area contributed by atoms with Crippen molar-refractivity contribution in [2.24, 2.45) is 0 Å². The molecule has 20 heavy (non-hydrogen) atoms. The highest BCUT2D eigenvalue weighted by Crippen LogP contribution is 2.09. The molecule has 1 aromatic carbocycles. The lowest BCUT2D eigenvalue weighted by Crippen LogP contribution is -2.29. The summed E-state index contributed by atoms with van der Waals surface area (Å²) in [5, 5.41) is 11.0. The Morgan fingerprint density at radius 2 is 2.15 bits per heavy atom. The predicted molar refractivity (Wildman–Crippen MR) is 84.8 cm³/mol. The van der Waals surface area contributed by atoms with Gasteiger partial charge < -0.3 is 5.32 Å². The molecule has 0 spiro atoms. The number of aryl methyl sites for hydroxylation is 1. The van der Waals surface area contributed by atoms with E-state index in [1.807, 2.05) is 12.1 Å². The zero-order chi connectivity index (χ0) is 14.4. The van der Waals surface area contributed by atoms with Gasteiger partial charge in [0.2, 0.25) is 5.95 Å². The molecule has 1 aromatic heterocycles. The second-order valence-corrected chi connectivity index (χ2v) is 4.98. The fourth-order valence-electron chi connectivity index (χ4n) is 1.77. The Hall–Kier alpha value is -1.95. The van der Waals surface area contributed by atoms with Crippen LogP contribution in [0.15, 0.2) is 30.6 Å². The highest BCUT2D eigenvalue weighted by molar-refractivity contribution is 7.80. The monoisotopic (exact) mass is 289 g/mol. The first kappa shape index (κ1) is 14.5. The van der Waals surface area contributed by atoms with Gasteiger partial charge in [-0.15, -0.1) is 5.10 Å². The lowest BCUT2D eigenvalue weighted by atomic mass is 10.1. The Labute approximate surface area is 124 Å². The summed E-state index contributed by atoms with van der Waals surface area (Å²) in [6.07, 6.45) is 2.73. The zero-order valence-electron chi connectivity index (χ0n) is 11.8. The van der Waals surface area contributed by atoms with Crippen molar-refractivity contribution < 1.29 is 0 Å². The average Bonchev–Trinajstić information content (AvgIpc) is 2.86. The smallest absolute Gasteiger partial charge is 0.248 e. The molecule has 0 saturated heterocycles. The third kappa shape index (κ3) is 4.03. The molecule has 0 fully saturated rings. The van der Waals surface area contributed by atoms with Crippen molar-refractivity contribution in [3.05, 3.63) is 41.7 Å². The summed E-state index contributed by atoms with van der Waals surface area (Å²) in [5.41, 5.74) is 2.48. The summed E-state index contributed by atoms with van der Waals surface area (Å²) in [7, 11) is 0. The normalized spacial score (nSPS) is 10.3. The molecule has 0 aliphatic heterocycles. The number of nitrogens with one attached hydrogen (secondary N) is 2. The van der Waals surface area contributed by atoms with Crippen molar-refractivity contribution in [3.8, 4) is 0 Å². The summed E-state index contributed by atoms with van der Waals surface area (Å²) in [6.45, 7) is 5.73. The first-order chi connectivity index (χ1) is 9.69. The fraction of sp³-hybridized carbons (Fsp3) is 0.357. The minimum atomic E-state index is 0.521. The van der Waals surface area contributed by atoms with Crippen LogP contribution in [-0.2, 0) is 6.54 Å². The van der Waals surface area contributed by atoms with E-state index in [1.54, 1.807) is 11.0 Å². The molecule has 6 heteroatoms. The maximum absolute atomic E-state index is 5.15. The number of nitrogens with zero attached hydrogens (tertiary/aromatic N) is 3. The van der Waals surface area contributed by atoms with E-state index in [9.17, 15) is 0 Å². The summed E-state index contributed by atoms with van der Waals surface area (Å²) in [6, 6.07) is 8.25. The molecule has 0 bridgehead atoms. The van der Waals surface area contributed by atoms with Crippen molar-refractivity contribution in [2.75, 3.05) is 11.9 Å². The summed E-state index contributed by atoms with van der Waals surface area (Å²) in [4.78, 5) is 4.20. The maximum Gasteiger partial charge on any atom is 0.248 e. The van der Waals surface area contributed by atoms with Crippen LogP contribution in [0.4, 0.5) is 5.95 Å². The molecule has 0 aliphatic rings. The minimum Gasteiger partial charge on any atom is -0.362 e. The van der Waals surface area contributed by atoms with E-state index in [0.717, 1.165) is 13.0 Å². The van der Waals surface area contributed by atoms with Crippen molar-refractivity contribution in [1.82, 2.24) is 20.1 Å². The SMILES string of the molecule is CCCNC(=S)Nc1ncn(Cc2ccccc2C)n1. The number of aromatic nitrogens is 3. The van der Waals surface area contributed by atoms with E-state index in [2.05, 4.69) is 46.7 Å². The van der Waals surface area contributed by atoms with Gasteiger partial charge >= 0.3 is 0 Å². The summed E-state index contributed by atoms with van der Waals surface area (Å²) in [5.74, 6) is 0.521. The van der Waals surface area contributed by atoms with Crippen molar-refractivity contribution >= 4 is 23.3 Å². The number of hydrogen-bond donors (Lipinski definition) is 2. The van der Waals surface area contributed by atoms with Crippen molar-refractivity contribution in [3.63, 3.8) is 0 Å². The van der Waals surface area contributed by atoms with Gasteiger partial charge in [-0.1, -0.05) is 31.2 Å². The first-order valence-electron chi connectivity index (χ1n) is 6.68. The molecule has 2 N–H and O–H groups in total. The molecule has 1 heterocycles. The quantitative estimate of drug-likeness (QED) is 0.827. The molecular weight excluding hydrogens is 270 g/mol. The molecule has 0 radical (unpaired) electrons. The van der Waals surface area contributed by atoms with Gasteiger partial charge in [0.25, 0.3) is 0 Å². The topological polar surface area (TPSA) is 54.8 Å². The summed E-state index contributed by atoms with van der Waals surface area (Å²) >= 11 is 5.15. The lowest BCUT2D eigenvalue weighted by Gasteiger charge is -2.06. The van der Waals surface area contributed by atoms with Crippen LogP contribution in [0, 0.1) is 6.92 Å². The number of thiocarbonyl (C=S) groups is 1. The molecule has 2 rings (SSSR count). The van der Waals surface area contributed by atoms with Crippen LogP contribution < -0.4 is 10.6 Å². The van der Waals surface area contributed by atoms with Gasteiger partial charge in [-0.2, -0.15) is 0 Å². The van der Waals surface area contributed by atoms with E-state index in [0.29, 0.717) is 17.6 Å².